The first kappa shape index (κ1) is 16.6. The van der Waals surface area contributed by atoms with Crippen LogP contribution in [-0.2, 0) is 0 Å². The molecule has 0 atom stereocenters. The van der Waals surface area contributed by atoms with Gasteiger partial charge in [-0.15, -0.1) is 10.2 Å². The summed E-state index contributed by atoms with van der Waals surface area (Å²) in [5.74, 6) is 0.742. The summed E-state index contributed by atoms with van der Waals surface area (Å²) >= 11 is 1.68. The number of nitrogens with zero attached hydrogens (tertiary/aromatic N) is 5. The van der Waals surface area contributed by atoms with Gasteiger partial charge in [-0.3, -0.25) is 0 Å². The van der Waals surface area contributed by atoms with Gasteiger partial charge in [-0.2, -0.15) is 5.21 Å². The van der Waals surface area contributed by atoms with Crippen molar-refractivity contribution in [3.05, 3.63) is 36.4 Å². The minimum atomic E-state index is 0.258. The van der Waals surface area contributed by atoms with E-state index in [2.05, 4.69) is 61.7 Å². The molecule has 7 nitrogen and oxygen atoms in total. The summed E-state index contributed by atoms with van der Waals surface area (Å²) in [5.41, 5.74) is 2.82. The SMILES string of the molecule is CN1CCC(N2c3ccccc3Sc3cc(-c4nn[nH]n4)cc(O)c32)CC1. The number of H-pyrrole nitrogens is 1. The lowest BCUT2D eigenvalue weighted by Gasteiger charge is -2.42. The van der Waals surface area contributed by atoms with Crippen LogP contribution >= 0.6 is 11.8 Å². The van der Waals surface area contributed by atoms with Crippen molar-refractivity contribution in [3.8, 4) is 17.1 Å². The Morgan fingerprint density at radius 2 is 1.96 bits per heavy atom. The number of aromatic amines is 1. The minimum absolute atomic E-state index is 0.258. The van der Waals surface area contributed by atoms with Gasteiger partial charge in [0.25, 0.3) is 0 Å². The number of nitrogens with one attached hydrogen (secondary N) is 1. The molecule has 0 amide bonds. The third-order valence-electron chi connectivity index (χ3n) is 5.30. The van der Waals surface area contributed by atoms with E-state index in [1.54, 1.807) is 17.8 Å². The maximum absolute atomic E-state index is 11.0. The van der Waals surface area contributed by atoms with Gasteiger partial charge in [0, 0.05) is 21.4 Å². The van der Waals surface area contributed by atoms with E-state index in [-0.39, 0.29) is 5.75 Å². The maximum Gasteiger partial charge on any atom is 0.204 e. The highest BCUT2D eigenvalue weighted by molar-refractivity contribution is 7.99. The fraction of sp³-hybridized carbons (Fsp3) is 0.316. The zero-order chi connectivity index (χ0) is 18.4. The number of fused-ring (bicyclic) bond motifs is 2. The number of piperidine rings is 1. The second-order valence-electron chi connectivity index (χ2n) is 7.05. The molecule has 27 heavy (non-hydrogen) atoms. The lowest BCUT2D eigenvalue weighted by atomic mass is 10.0. The van der Waals surface area contributed by atoms with E-state index >= 15 is 0 Å². The number of para-hydroxylation sites is 1. The van der Waals surface area contributed by atoms with Crippen LogP contribution < -0.4 is 4.90 Å². The first-order chi connectivity index (χ1) is 13.2. The Hall–Kier alpha value is -2.58. The van der Waals surface area contributed by atoms with Crippen molar-refractivity contribution in [1.82, 2.24) is 25.5 Å². The molecule has 2 aliphatic rings. The largest absolute Gasteiger partial charge is 0.506 e. The molecule has 3 aromatic rings. The molecule has 0 unspecified atom stereocenters. The third kappa shape index (κ3) is 2.85. The van der Waals surface area contributed by atoms with Crippen molar-refractivity contribution in [2.45, 2.75) is 28.7 Å². The predicted molar refractivity (Wildman–Crippen MR) is 105 cm³/mol. The highest BCUT2D eigenvalue weighted by Crippen LogP contribution is 2.54. The van der Waals surface area contributed by atoms with Gasteiger partial charge in [0.15, 0.2) is 0 Å². The number of phenols is 1. The van der Waals surface area contributed by atoms with Crippen LogP contribution in [0.5, 0.6) is 5.75 Å². The molecule has 0 spiro atoms. The Bertz CT molecular complexity index is 968. The zero-order valence-electron chi connectivity index (χ0n) is 15.0. The van der Waals surface area contributed by atoms with Crippen LogP contribution in [0.3, 0.4) is 0 Å². The van der Waals surface area contributed by atoms with E-state index in [9.17, 15) is 5.11 Å². The number of likely N-dealkylation sites (tertiary alicyclic amines) is 1. The van der Waals surface area contributed by atoms with Gasteiger partial charge < -0.3 is 14.9 Å². The van der Waals surface area contributed by atoms with E-state index < -0.39 is 0 Å². The van der Waals surface area contributed by atoms with Gasteiger partial charge in [-0.25, -0.2) is 0 Å². The summed E-state index contributed by atoms with van der Waals surface area (Å²) in [6.45, 7) is 2.13. The topological polar surface area (TPSA) is 81.2 Å². The standard InChI is InChI=1S/C19H20N6OS/c1-24-8-6-13(7-9-24)25-14-4-2-3-5-16(14)27-17-11-12(10-15(26)18(17)25)19-20-22-23-21-19/h2-5,10-11,13,26H,6-9H2,1H3,(H,20,21,22,23). The molecule has 1 saturated heterocycles. The predicted octanol–water partition coefficient (Wildman–Crippen LogP) is 3.27. The van der Waals surface area contributed by atoms with Crippen LogP contribution in [0.15, 0.2) is 46.2 Å². The summed E-state index contributed by atoms with van der Waals surface area (Å²) in [4.78, 5) is 6.92. The Morgan fingerprint density at radius 1 is 1.15 bits per heavy atom. The number of benzene rings is 2. The number of anilines is 2. The molecule has 2 aliphatic heterocycles. The van der Waals surface area contributed by atoms with Gasteiger partial charge >= 0.3 is 0 Å². The zero-order valence-corrected chi connectivity index (χ0v) is 15.8. The summed E-state index contributed by atoms with van der Waals surface area (Å²) in [6.07, 6.45) is 2.14. The Labute approximate surface area is 161 Å². The Kier molecular flexibility index (Phi) is 4.02. The second kappa shape index (κ2) is 6.54. The average Bonchev–Trinajstić information content (AvgIpc) is 3.22. The lowest BCUT2D eigenvalue weighted by Crippen LogP contribution is -2.42. The van der Waals surface area contributed by atoms with Crippen molar-refractivity contribution in [1.29, 1.82) is 0 Å². The van der Waals surface area contributed by atoms with Crippen molar-refractivity contribution >= 4 is 23.1 Å². The summed E-state index contributed by atoms with van der Waals surface area (Å²) in [7, 11) is 2.17. The number of rotatable bonds is 2. The number of phenolic OH excluding ortho intramolecular Hbond substituents is 1. The summed E-state index contributed by atoms with van der Waals surface area (Å²) in [5, 5.41) is 25.2. The monoisotopic (exact) mass is 380 g/mol. The molecular weight excluding hydrogens is 360 g/mol. The van der Waals surface area contributed by atoms with Crippen LogP contribution in [-0.4, -0.2) is 56.8 Å². The van der Waals surface area contributed by atoms with Crippen LogP contribution in [0, 0.1) is 0 Å². The molecule has 0 aliphatic carbocycles. The molecule has 0 radical (unpaired) electrons. The van der Waals surface area contributed by atoms with Gasteiger partial charge in [0.1, 0.15) is 5.75 Å². The van der Waals surface area contributed by atoms with E-state index in [0.717, 1.165) is 42.1 Å². The highest BCUT2D eigenvalue weighted by atomic mass is 32.2. The smallest absolute Gasteiger partial charge is 0.204 e. The van der Waals surface area contributed by atoms with E-state index in [4.69, 9.17) is 0 Å². The van der Waals surface area contributed by atoms with E-state index in [1.165, 1.54) is 10.6 Å². The normalized spacial score (nSPS) is 17.6. The fourth-order valence-corrected chi connectivity index (χ4v) is 5.08. The number of hydrogen-bond acceptors (Lipinski definition) is 7. The molecule has 1 aromatic heterocycles. The van der Waals surface area contributed by atoms with Crippen LogP contribution in [0.2, 0.25) is 0 Å². The number of tetrazole rings is 1. The molecular formula is C19H20N6OS. The minimum Gasteiger partial charge on any atom is -0.506 e. The van der Waals surface area contributed by atoms with Crippen molar-refractivity contribution in [2.24, 2.45) is 0 Å². The van der Waals surface area contributed by atoms with Crippen molar-refractivity contribution < 1.29 is 5.11 Å². The van der Waals surface area contributed by atoms with Gasteiger partial charge in [0.2, 0.25) is 5.82 Å². The van der Waals surface area contributed by atoms with E-state index in [1.807, 2.05) is 6.07 Å². The Morgan fingerprint density at radius 3 is 2.74 bits per heavy atom. The van der Waals surface area contributed by atoms with Gasteiger partial charge in [0.05, 0.1) is 11.4 Å². The van der Waals surface area contributed by atoms with Crippen LogP contribution in [0.25, 0.3) is 11.4 Å². The quantitative estimate of drug-likeness (QED) is 0.706. The van der Waals surface area contributed by atoms with Crippen LogP contribution in [0.4, 0.5) is 11.4 Å². The highest BCUT2D eigenvalue weighted by Gasteiger charge is 2.33. The molecule has 5 rings (SSSR count). The second-order valence-corrected chi connectivity index (χ2v) is 8.14. The average molecular weight is 380 g/mol. The summed E-state index contributed by atoms with van der Waals surface area (Å²) in [6, 6.07) is 12.6. The number of aromatic hydroxyl groups is 1. The molecule has 0 saturated carbocycles. The van der Waals surface area contributed by atoms with Crippen LogP contribution in [0.1, 0.15) is 12.8 Å². The number of hydrogen-bond donors (Lipinski definition) is 2. The van der Waals surface area contributed by atoms with Crippen molar-refractivity contribution in [3.63, 3.8) is 0 Å². The molecule has 0 bridgehead atoms. The molecule has 1 fully saturated rings. The first-order valence-electron chi connectivity index (χ1n) is 9.06. The number of aromatic nitrogens is 4. The molecule has 3 heterocycles. The van der Waals surface area contributed by atoms with E-state index in [0.29, 0.717) is 11.9 Å². The molecule has 2 N–H and O–H groups in total. The fourth-order valence-electron chi connectivity index (χ4n) is 3.94. The lowest BCUT2D eigenvalue weighted by molar-refractivity contribution is 0.254. The summed E-state index contributed by atoms with van der Waals surface area (Å²) < 4.78 is 0. The molecule has 8 heteroatoms. The molecule has 2 aromatic carbocycles. The van der Waals surface area contributed by atoms with Gasteiger partial charge in [-0.1, -0.05) is 23.9 Å². The maximum atomic E-state index is 11.0. The third-order valence-corrected chi connectivity index (χ3v) is 6.39. The first-order valence-corrected chi connectivity index (χ1v) is 9.88. The van der Waals surface area contributed by atoms with Gasteiger partial charge in [-0.05, 0) is 62.5 Å². The van der Waals surface area contributed by atoms with Crippen molar-refractivity contribution in [2.75, 3.05) is 25.0 Å². The molecule has 138 valence electrons. The Balaban J connectivity index is 1.64.